The number of aliphatic carboxylic acids is 1. The normalized spacial score (nSPS) is 10.3. The van der Waals surface area contributed by atoms with E-state index in [-0.39, 0.29) is 24.4 Å². The molecule has 7 heteroatoms. The summed E-state index contributed by atoms with van der Waals surface area (Å²) in [6.07, 6.45) is 0.439. The van der Waals surface area contributed by atoms with Gasteiger partial charge in [0.1, 0.15) is 0 Å². The van der Waals surface area contributed by atoms with Crippen molar-refractivity contribution in [1.29, 1.82) is 0 Å². The molecular formula is C20H23N3O4. The van der Waals surface area contributed by atoms with Crippen LogP contribution in [0.2, 0.25) is 0 Å². The molecule has 0 spiro atoms. The first-order chi connectivity index (χ1) is 12.8. The minimum absolute atomic E-state index is 0.0290. The summed E-state index contributed by atoms with van der Waals surface area (Å²) in [5, 5.41) is 17.0. The maximum atomic E-state index is 12.4. The number of amides is 3. The quantitative estimate of drug-likeness (QED) is 0.599. The van der Waals surface area contributed by atoms with Gasteiger partial charge in [0.05, 0.1) is 0 Å². The number of hydrogen-bond donors (Lipinski definition) is 4. The van der Waals surface area contributed by atoms with Gasteiger partial charge in [0.2, 0.25) is 0 Å². The van der Waals surface area contributed by atoms with E-state index in [1.54, 1.807) is 42.5 Å². The molecule has 2 rings (SSSR count). The van der Waals surface area contributed by atoms with Crippen LogP contribution in [0.4, 0.5) is 16.2 Å². The van der Waals surface area contributed by atoms with Gasteiger partial charge in [-0.05, 0) is 62.2 Å². The Bertz CT molecular complexity index is 816. The summed E-state index contributed by atoms with van der Waals surface area (Å²) >= 11 is 0. The molecule has 2 aromatic rings. The van der Waals surface area contributed by atoms with Crippen molar-refractivity contribution in [3.8, 4) is 0 Å². The molecule has 0 aliphatic carbocycles. The van der Waals surface area contributed by atoms with Crippen molar-refractivity contribution < 1.29 is 19.5 Å². The van der Waals surface area contributed by atoms with Crippen LogP contribution in [0.25, 0.3) is 0 Å². The first kappa shape index (κ1) is 20.0. The summed E-state index contributed by atoms with van der Waals surface area (Å²) in [7, 11) is 0. The Hall–Kier alpha value is -3.35. The highest BCUT2D eigenvalue weighted by molar-refractivity contribution is 6.04. The van der Waals surface area contributed by atoms with Crippen LogP contribution in [0.3, 0.4) is 0 Å². The molecule has 0 atom stereocenters. The van der Waals surface area contributed by atoms with E-state index in [9.17, 15) is 14.4 Å². The van der Waals surface area contributed by atoms with Crippen LogP contribution in [-0.4, -0.2) is 29.1 Å². The molecule has 0 saturated heterocycles. The van der Waals surface area contributed by atoms with Gasteiger partial charge in [-0.3, -0.25) is 9.59 Å². The highest BCUT2D eigenvalue weighted by Gasteiger charge is 2.08. The Kier molecular flexibility index (Phi) is 6.93. The average Bonchev–Trinajstić information content (AvgIpc) is 2.60. The largest absolute Gasteiger partial charge is 0.481 e. The Labute approximate surface area is 157 Å². The van der Waals surface area contributed by atoms with Crippen LogP contribution in [0.1, 0.15) is 36.2 Å². The SMILES string of the molecule is CC(C)NC(=O)Nc1ccc(C(=O)Nc2cccc(CCC(=O)O)c2)cc1. The van der Waals surface area contributed by atoms with E-state index in [4.69, 9.17) is 5.11 Å². The van der Waals surface area contributed by atoms with Crippen LogP contribution in [0.15, 0.2) is 48.5 Å². The van der Waals surface area contributed by atoms with Gasteiger partial charge in [-0.1, -0.05) is 12.1 Å². The molecule has 0 heterocycles. The number of rotatable bonds is 7. The molecule has 27 heavy (non-hydrogen) atoms. The fraction of sp³-hybridized carbons (Fsp3) is 0.250. The Morgan fingerprint density at radius 1 is 0.963 bits per heavy atom. The number of carbonyl (C=O) groups excluding carboxylic acids is 2. The topological polar surface area (TPSA) is 108 Å². The van der Waals surface area contributed by atoms with Crippen molar-refractivity contribution >= 4 is 29.3 Å². The Balaban J connectivity index is 1.97. The standard InChI is InChI=1S/C20H23N3O4/c1-13(2)21-20(27)23-16-9-7-15(8-10-16)19(26)22-17-5-3-4-14(12-17)6-11-18(24)25/h3-5,7-10,12-13H,6,11H2,1-2H3,(H,22,26)(H,24,25)(H2,21,23,27). The van der Waals surface area contributed by atoms with E-state index in [0.717, 1.165) is 5.56 Å². The average molecular weight is 369 g/mol. The second kappa shape index (κ2) is 9.38. The van der Waals surface area contributed by atoms with Crippen molar-refractivity contribution in [2.45, 2.75) is 32.7 Å². The maximum Gasteiger partial charge on any atom is 0.319 e. The van der Waals surface area contributed by atoms with Gasteiger partial charge in [-0.2, -0.15) is 0 Å². The van der Waals surface area contributed by atoms with Crippen molar-refractivity contribution in [3.05, 3.63) is 59.7 Å². The second-order valence-corrected chi connectivity index (χ2v) is 6.38. The smallest absolute Gasteiger partial charge is 0.319 e. The van der Waals surface area contributed by atoms with E-state index in [1.165, 1.54) is 0 Å². The molecule has 0 unspecified atom stereocenters. The molecule has 0 bridgehead atoms. The third-order valence-corrected chi connectivity index (χ3v) is 3.64. The number of aryl methyl sites for hydroxylation is 1. The number of hydrogen-bond acceptors (Lipinski definition) is 3. The third-order valence-electron chi connectivity index (χ3n) is 3.64. The van der Waals surface area contributed by atoms with Crippen LogP contribution >= 0.6 is 0 Å². The molecule has 0 saturated carbocycles. The molecule has 0 aliphatic heterocycles. The van der Waals surface area contributed by atoms with Gasteiger partial charge in [-0.15, -0.1) is 0 Å². The van der Waals surface area contributed by atoms with E-state index in [2.05, 4.69) is 16.0 Å². The molecule has 7 nitrogen and oxygen atoms in total. The number of carboxylic acid groups (broad SMARTS) is 1. The lowest BCUT2D eigenvalue weighted by Gasteiger charge is -2.11. The van der Waals surface area contributed by atoms with Crippen molar-refractivity contribution in [2.24, 2.45) is 0 Å². The van der Waals surface area contributed by atoms with Gasteiger partial charge in [0.25, 0.3) is 5.91 Å². The maximum absolute atomic E-state index is 12.4. The van der Waals surface area contributed by atoms with Crippen molar-refractivity contribution in [1.82, 2.24) is 5.32 Å². The third kappa shape index (κ3) is 6.81. The van der Waals surface area contributed by atoms with E-state index >= 15 is 0 Å². The highest BCUT2D eigenvalue weighted by Crippen LogP contribution is 2.15. The molecule has 4 N–H and O–H groups in total. The minimum atomic E-state index is -0.861. The fourth-order valence-corrected chi connectivity index (χ4v) is 2.39. The monoisotopic (exact) mass is 369 g/mol. The van der Waals surface area contributed by atoms with E-state index in [0.29, 0.717) is 23.4 Å². The first-order valence-electron chi connectivity index (χ1n) is 8.63. The number of carbonyl (C=O) groups is 3. The first-order valence-corrected chi connectivity index (χ1v) is 8.63. The van der Waals surface area contributed by atoms with Gasteiger partial charge in [-0.25, -0.2) is 4.79 Å². The van der Waals surface area contributed by atoms with Gasteiger partial charge >= 0.3 is 12.0 Å². The number of carboxylic acids is 1. The lowest BCUT2D eigenvalue weighted by molar-refractivity contribution is -0.136. The summed E-state index contributed by atoms with van der Waals surface area (Å²) in [6, 6.07) is 13.4. The molecular weight excluding hydrogens is 346 g/mol. The summed E-state index contributed by atoms with van der Waals surface area (Å²) in [5.74, 6) is -1.15. The van der Waals surface area contributed by atoms with Crippen LogP contribution in [0.5, 0.6) is 0 Å². The second-order valence-electron chi connectivity index (χ2n) is 6.38. The van der Waals surface area contributed by atoms with Crippen LogP contribution < -0.4 is 16.0 Å². The predicted molar refractivity (Wildman–Crippen MR) is 104 cm³/mol. The summed E-state index contributed by atoms with van der Waals surface area (Å²) in [6.45, 7) is 3.73. The zero-order valence-electron chi connectivity index (χ0n) is 15.3. The number of anilines is 2. The van der Waals surface area contributed by atoms with Crippen LogP contribution in [0, 0.1) is 0 Å². The Morgan fingerprint density at radius 2 is 1.67 bits per heavy atom. The fourth-order valence-electron chi connectivity index (χ4n) is 2.39. The Morgan fingerprint density at radius 3 is 2.30 bits per heavy atom. The molecule has 142 valence electrons. The van der Waals surface area contributed by atoms with Gasteiger partial charge in [0, 0.05) is 29.4 Å². The lowest BCUT2D eigenvalue weighted by Crippen LogP contribution is -2.34. The highest BCUT2D eigenvalue weighted by atomic mass is 16.4. The van der Waals surface area contributed by atoms with Crippen molar-refractivity contribution in [2.75, 3.05) is 10.6 Å². The molecule has 0 aliphatic rings. The number of benzene rings is 2. The molecule has 2 aromatic carbocycles. The van der Waals surface area contributed by atoms with Crippen LogP contribution in [-0.2, 0) is 11.2 Å². The summed E-state index contributed by atoms with van der Waals surface area (Å²) in [5.41, 5.74) is 2.47. The zero-order valence-corrected chi connectivity index (χ0v) is 15.3. The minimum Gasteiger partial charge on any atom is -0.481 e. The van der Waals surface area contributed by atoms with Gasteiger partial charge in [0.15, 0.2) is 0 Å². The zero-order chi connectivity index (χ0) is 19.8. The number of urea groups is 1. The molecule has 0 radical (unpaired) electrons. The lowest BCUT2D eigenvalue weighted by atomic mass is 10.1. The molecule has 0 fully saturated rings. The van der Waals surface area contributed by atoms with Crippen molar-refractivity contribution in [3.63, 3.8) is 0 Å². The molecule has 0 aromatic heterocycles. The van der Waals surface area contributed by atoms with E-state index < -0.39 is 5.97 Å². The summed E-state index contributed by atoms with van der Waals surface area (Å²) in [4.78, 5) is 34.7. The van der Waals surface area contributed by atoms with Gasteiger partial charge < -0.3 is 21.1 Å². The predicted octanol–water partition coefficient (Wildman–Crippen LogP) is 3.49. The molecule has 3 amide bonds. The summed E-state index contributed by atoms with van der Waals surface area (Å²) < 4.78 is 0. The number of nitrogens with one attached hydrogen (secondary N) is 3. The van der Waals surface area contributed by atoms with E-state index in [1.807, 2.05) is 19.9 Å².